The molecule has 3 N–H and O–H groups in total. The zero-order valence-corrected chi connectivity index (χ0v) is 16.6. The maximum Gasteiger partial charge on any atom is 0.251 e. The predicted octanol–water partition coefficient (Wildman–Crippen LogP) is 1.94. The van der Waals surface area contributed by atoms with Crippen molar-refractivity contribution in [3.05, 3.63) is 59.7 Å². The third-order valence-electron chi connectivity index (χ3n) is 5.30. The highest BCUT2D eigenvalue weighted by Crippen LogP contribution is 2.26. The zero-order chi connectivity index (χ0) is 20.2. The summed E-state index contributed by atoms with van der Waals surface area (Å²) in [5.41, 5.74) is 8.44. The minimum atomic E-state index is -0.110. The summed E-state index contributed by atoms with van der Waals surface area (Å²) >= 11 is 0. The van der Waals surface area contributed by atoms with Crippen LogP contribution >= 0.6 is 0 Å². The van der Waals surface area contributed by atoms with E-state index >= 15 is 0 Å². The first kappa shape index (κ1) is 19.1. The Morgan fingerprint density at radius 2 is 1.83 bits per heavy atom. The highest BCUT2D eigenvalue weighted by atomic mass is 16.1. The number of nitrogens with zero attached hydrogens (tertiary/aromatic N) is 4. The second-order valence-corrected chi connectivity index (χ2v) is 7.42. The van der Waals surface area contributed by atoms with Crippen LogP contribution in [0.5, 0.6) is 0 Å². The molecule has 2 heterocycles. The van der Waals surface area contributed by atoms with Gasteiger partial charge < -0.3 is 20.9 Å². The van der Waals surface area contributed by atoms with E-state index in [1.165, 1.54) is 5.56 Å². The minimum Gasteiger partial charge on any atom is -0.368 e. The number of nitrogens with one attached hydrogen (secondary N) is 1. The van der Waals surface area contributed by atoms with Crippen LogP contribution in [0.25, 0.3) is 10.9 Å². The minimum absolute atomic E-state index is 0.110. The van der Waals surface area contributed by atoms with E-state index in [4.69, 9.17) is 5.73 Å². The molecule has 0 atom stereocenters. The monoisotopic (exact) mass is 390 g/mol. The van der Waals surface area contributed by atoms with Crippen molar-refractivity contribution in [1.29, 1.82) is 0 Å². The third kappa shape index (κ3) is 4.46. The predicted molar refractivity (Wildman–Crippen MR) is 116 cm³/mol. The number of piperazine rings is 1. The number of hydrogen-bond acceptors (Lipinski definition) is 6. The van der Waals surface area contributed by atoms with Crippen molar-refractivity contribution in [1.82, 2.24) is 20.2 Å². The van der Waals surface area contributed by atoms with Gasteiger partial charge in [-0.05, 0) is 37.2 Å². The summed E-state index contributed by atoms with van der Waals surface area (Å²) in [6, 6.07) is 15.7. The summed E-state index contributed by atoms with van der Waals surface area (Å²) in [6.07, 6.45) is 0.794. The van der Waals surface area contributed by atoms with Gasteiger partial charge in [0.2, 0.25) is 5.95 Å². The summed E-state index contributed by atoms with van der Waals surface area (Å²) in [7, 11) is 2.12. The number of nitrogen functional groups attached to an aromatic ring is 1. The number of rotatable bonds is 5. The molecule has 29 heavy (non-hydrogen) atoms. The Bertz CT molecular complexity index is 999. The van der Waals surface area contributed by atoms with E-state index in [1.807, 2.05) is 30.3 Å². The second-order valence-electron chi connectivity index (χ2n) is 7.42. The van der Waals surface area contributed by atoms with Crippen molar-refractivity contribution in [3.63, 3.8) is 0 Å². The van der Waals surface area contributed by atoms with Crippen molar-refractivity contribution in [2.24, 2.45) is 0 Å². The van der Waals surface area contributed by atoms with Gasteiger partial charge in [-0.15, -0.1) is 0 Å². The molecule has 0 bridgehead atoms. The van der Waals surface area contributed by atoms with Gasteiger partial charge in [0.15, 0.2) is 0 Å². The van der Waals surface area contributed by atoms with Gasteiger partial charge in [0.25, 0.3) is 5.91 Å². The number of carbonyl (C=O) groups excluding carboxylic acids is 1. The maximum atomic E-state index is 12.6. The molecule has 0 saturated carbocycles. The molecule has 1 aliphatic heterocycles. The van der Waals surface area contributed by atoms with Gasteiger partial charge in [0.05, 0.1) is 5.52 Å². The SMILES string of the molecule is CN1CCN(c2nc(N)nc3cc(C(=O)NCCc4ccccc4)ccc23)CC1. The Labute approximate surface area is 170 Å². The quantitative estimate of drug-likeness (QED) is 0.692. The lowest BCUT2D eigenvalue weighted by Crippen LogP contribution is -2.45. The zero-order valence-electron chi connectivity index (χ0n) is 16.6. The van der Waals surface area contributed by atoms with Gasteiger partial charge >= 0.3 is 0 Å². The fourth-order valence-electron chi connectivity index (χ4n) is 3.60. The number of likely N-dealkylation sites (N-methyl/N-ethyl adjacent to an activating group) is 1. The fraction of sp³-hybridized carbons (Fsp3) is 0.318. The number of amides is 1. The highest BCUT2D eigenvalue weighted by molar-refractivity contribution is 6.00. The Hall–Kier alpha value is -3.19. The van der Waals surface area contributed by atoms with Crippen LogP contribution in [0.4, 0.5) is 11.8 Å². The van der Waals surface area contributed by atoms with Crippen molar-refractivity contribution < 1.29 is 4.79 Å². The molecule has 150 valence electrons. The average molecular weight is 390 g/mol. The van der Waals surface area contributed by atoms with Crippen LogP contribution in [0.3, 0.4) is 0 Å². The van der Waals surface area contributed by atoms with E-state index in [-0.39, 0.29) is 11.9 Å². The van der Waals surface area contributed by atoms with Gasteiger partial charge in [-0.1, -0.05) is 30.3 Å². The van der Waals surface area contributed by atoms with Gasteiger partial charge in [-0.25, -0.2) is 4.98 Å². The van der Waals surface area contributed by atoms with E-state index in [9.17, 15) is 4.79 Å². The van der Waals surface area contributed by atoms with Crippen molar-refractivity contribution in [3.8, 4) is 0 Å². The van der Waals surface area contributed by atoms with Crippen LogP contribution in [-0.4, -0.2) is 60.5 Å². The van der Waals surface area contributed by atoms with Crippen molar-refractivity contribution >= 4 is 28.6 Å². The second kappa shape index (κ2) is 8.45. The largest absolute Gasteiger partial charge is 0.368 e. The Morgan fingerprint density at radius 1 is 1.07 bits per heavy atom. The van der Waals surface area contributed by atoms with Crippen LogP contribution in [0, 0.1) is 0 Å². The molecule has 1 saturated heterocycles. The van der Waals surface area contributed by atoms with Gasteiger partial charge in [0, 0.05) is 43.7 Å². The van der Waals surface area contributed by atoms with E-state index < -0.39 is 0 Å². The van der Waals surface area contributed by atoms with Crippen LogP contribution in [0.1, 0.15) is 15.9 Å². The fourth-order valence-corrected chi connectivity index (χ4v) is 3.60. The van der Waals surface area contributed by atoms with Crippen molar-refractivity contribution in [2.45, 2.75) is 6.42 Å². The molecule has 4 rings (SSSR count). The number of carbonyl (C=O) groups is 1. The number of aromatic nitrogens is 2. The lowest BCUT2D eigenvalue weighted by Gasteiger charge is -2.33. The smallest absolute Gasteiger partial charge is 0.251 e. The third-order valence-corrected chi connectivity index (χ3v) is 5.30. The van der Waals surface area contributed by atoms with E-state index in [0.29, 0.717) is 17.6 Å². The number of anilines is 2. The molecule has 0 aliphatic carbocycles. The highest BCUT2D eigenvalue weighted by Gasteiger charge is 2.19. The molecule has 0 spiro atoms. The number of nitrogens with two attached hydrogens (primary N) is 1. The summed E-state index contributed by atoms with van der Waals surface area (Å²) in [5, 5.41) is 3.90. The van der Waals surface area contributed by atoms with E-state index in [2.05, 4.69) is 44.3 Å². The summed E-state index contributed by atoms with van der Waals surface area (Å²) < 4.78 is 0. The molecule has 1 amide bonds. The summed E-state index contributed by atoms with van der Waals surface area (Å²) in [4.78, 5) is 26.0. The van der Waals surface area contributed by atoms with E-state index in [1.54, 1.807) is 6.07 Å². The van der Waals surface area contributed by atoms with Crippen LogP contribution in [-0.2, 0) is 6.42 Å². The Balaban J connectivity index is 1.50. The number of hydrogen-bond donors (Lipinski definition) is 2. The van der Waals surface area contributed by atoms with Gasteiger partial charge in [0.1, 0.15) is 5.82 Å². The standard InChI is InChI=1S/C22H26N6O/c1-27-11-13-28(14-12-27)20-18-8-7-17(15-19(18)25-22(23)26-20)21(29)24-10-9-16-5-3-2-4-6-16/h2-8,15H,9-14H2,1H3,(H,24,29)(H2,23,25,26). The first-order valence-electron chi connectivity index (χ1n) is 9.93. The van der Waals surface area contributed by atoms with Gasteiger partial charge in [-0.2, -0.15) is 4.98 Å². The lowest BCUT2D eigenvalue weighted by molar-refractivity contribution is 0.0954. The molecule has 2 aromatic carbocycles. The molecule has 1 aliphatic rings. The van der Waals surface area contributed by atoms with Crippen LogP contribution in [0.15, 0.2) is 48.5 Å². The van der Waals surface area contributed by atoms with Crippen molar-refractivity contribution in [2.75, 3.05) is 50.4 Å². The number of benzene rings is 2. The van der Waals surface area contributed by atoms with Crippen LogP contribution < -0.4 is 16.0 Å². The topological polar surface area (TPSA) is 87.4 Å². The molecule has 1 aromatic heterocycles. The normalized spacial score (nSPS) is 14.9. The van der Waals surface area contributed by atoms with Crippen LogP contribution in [0.2, 0.25) is 0 Å². The Morgan fingerprint density at radius 3 is 2.59 bits per heavy atom. The molecule has 7 heteroatoms. The molecular weight excluding hydrogens is 364 g/mol. The van der Waals surface area contributed by atoms with E-state index in [0.717, 1.165) is 43.8 Å². The summed E-state index contributed by atoms with van der Waals surface area (Å²) in [6.45, 7) is 4.33. The molecule has 3 aromatic rings. The molecule has 1 fully saturated rings. The number of fused-ring (bicyclic) bond motifs is 1. The lowest BCUT2D eigenvalue weighted by atomic mass is 10.1. The average Bonchev–Trinajstić information content (AvgIpc) is 2.74. The summed E-state index contributed by atoms with van der Waals surface area (Å²) in [5.74, 6) is 0.964. The first-order chi connectivity index (χ1) is 14.1. The maximum absolute atomic E-state index is 12.6. The molecule has 0 unspecified atom stereocenters. The molecule has 7 nitrogen and oxygen atoms in total. The Kier molecular flexibility index (Phi) is 5.57. The van der Waals surface area contributed by atoms with Gasteiger partial charge in [-0.3, -0.25) is 4.79 Å². The first-order valence-corrected chi connectivity index (χ1v) is 9.93. The molecular formula is C22H26N6O. The molecule has 0 radical (unpaired) electrons.